The van der Waals surface area contributed by atoms with Crippen LogP contribution in [0.1, 0.15) is 34.6 Å². The highest BCUT2D eigenvalue weighted by molar-refractivity contribution is 4.76. The van der Waals surface area contributed by atoms with Crippen molar-refractivity contribution in [2.24, 2.45) is 23.0 Å². The van der Waals surface area contributed by atoms with Crippen LogP contribution in [0.25, 0.3) is 0 Å². The molecule has 1 atom stereocenters. The van der Waals surface area contributed by atoms with E-state index in [4.69, 9.17) is 5.73 Å². The molecule has 0 saturated carbocycles. The van der Waals surface area contributed by atoms with Gasteiger partial charge in [-0.25, -0.2) is 0 Å². The highest BCUT2D eigenvalue weighted by Crippen LogP contribution is 2.30. The summed E-state index contributed by atoms with van der Waals surface area (Å²) in [6.45, 7) is 12.0. The van der Waals surface area contributed by atoms with Crippen LogP contribution in [0.4, 0.5) is 0 Å². The molecule has 1 heteroatoms. The van der Waals surface area contributed by atoms with Gasteiger partial charge in [0.05, 0.1) is 0 Å². The Kier molecular flexibility index (Phi) is 3.37. The zero-order valence-electron chi connectivity index (χ0n) is 7.94. The van der Waals surface area contributed by atoms with E-state index in [-0.39, 0.29) is 0 Å². The van der Waals surface area contributed by atoms with Crippen LogP contribution in [0, 0.1) is 17.3 Å². The van der Waals surface area contributed by atoms with E-state index in [0.29, 0.717) is 17.3 Å². The fourth-order valence-corrected chi connectivity index (χ4v) is 1.63. The van der Waals surface area contributed by atoms with Gasteiger partial charge >= 0.3 is 0 Å². The van der Waals surface area contributed by atoms with E-state index in [1.54, 1.807) is 0 Å². The lowest BCUT2D eigenvalue weighted by Gasteiger charge is -2.32. The molecule has 0 amide bonds. The third kappa shape index (κ3) is 2.70. The van der Waals surface area contributed by atoms with Crippen molar-refractivity contribution in [1.82, 2.24) is 0 Å². The zero-order chi connectivity index (χ0) is 8.36. The molecule has 10 heavy (non-hydrogen) atoms. The van der Waals surface area contributed by atoms with Gasteiger partial charge in [-0.15, -0.1) is 0 Å². The highest BCUT2D eigenvalue weighted by atomic mass is 14.6. The fourth-order valence-electron chi connectivity index (χ4n) is 1.63. The molecular formula is C9H21N. The van der Waals surface area contributed by atoms with Crippen LogP contribution in [0.15, 0.2) is 0 Å². The summed E-state index contributed by atoms with van der Waals surface area (Å²) in [6, 6.07) is 0. The minimum atomic E-state index is 0.364. The molecule has 1 unspecified atom stereocenters. The lowest BCUT2D eigenvalue weighted by atomic mass is 9.74. The van der Waals surface area contributed by atoms with Gasteiger partial charge in [0, 0.05) is 0 Å². The molecule has 62 valence electrons. The van der Waals surface area contributed by atoms with E-state index in [9.17, 15) is 0 Å². The molecule has 0 aliphatic carbocycles. The third-order valence-corrected chi connectivity index (χ3v) is 2.17. The summed E-state index contributed by atoms with van der Waals surface area (Å²) in [5, 5.41) is 0. The molecule has 0 rings (SSSR count). The molecule has 0 spiro atoms. The van der Waals surface area contributed by atoms with Crippen LogP contribution in [-0.4, -0.2) is 6.54 Å². The summed E-state index contributed by atoms with van der Waals surface area (Å²) < 4.78 is 0. The smallest absolute Gasteiger partial charge is 0.00414 e. The molecule has 0 heterocycles. The molecule has 0 aromatic rings. The maximum absolute atomic E-state index is 5.66. The predicted octanol–water partition coefficient (Wildman–Crippen LogP) is 2.26. The Balaban J connectivity index is 4.07. The first-order valence-corrected chi connectivity index (χ1v) is 4.09. The SMILES string of the molecule is CC(C)C(CN)C(C)(C)C. The Morgan fingerprint density at radius 2 is 1.60 bits per heavy atom. The zero-order valence-corrected chi connectivity index (χ0v) is 7.94. The van der Waals surface area contributed by atoms with Crippen molar-refractivity contribution in [3.8, 4) is 0 Å². The maximum atomic E-state index is 5.66. The number of nitrogens with two attached hydrogens (primary N) is 1. The van der Waals surface area contributed by atoms with Crippen LogP contribution in [-0.2, 0) is 0 Å². The molecule has 0 aromatic heterocycles. The van der Waals surface area contributed by atoms with Gasteiger partial charge in [-0.1, -0.05) is 34.6 Å². The first-order chi connectivity index (χ1) is 4.39. The topological polar surface area (TPSA) is 26.0 Å². The monoisotopic (exact) mass is 143 g/mol. The summed E-state index contributed by atoms with van der Waals surface area (Å²) in [5.41, 5.74) is 6.02. The molecule has 2 N–H and O–H groups in total. The summed E-state index contributed by atoms with van der Waals surface area (Å²) in [4.78, 5) is 0. The number of hydrogen-bond acceptors (Lipinski definition) is 1. The Labute approximate surface area is 65.0 Å². The molecule has 0 aliphatic heterocycles. The van der Waals surface area contributed by atoms with Crippen LogP contribution in [0.2, 0.25) is 0 Å². The minimum Gasteiger partial charge on any atom is -0.330 e. The number of hydrogen-bond donors (Lipinski definition) is 1. The Bertz CT molecular complexity index is 89.4. The summed E-state index contributed by atoms with van der Waals surface area (Å²) in [7, 11) is 0. The molecular weight excluding hydrogens is 122 g/mol. The van der Waals surface area contributed by atoms with Gasteiger partial charge in [-0.3, -0.25) is 0 Å². The van der Waals surface area contributed by atoms with Gasteiger partial charge in [0.2, 0.25) is 0 Å². The van der Waals surface area contributed by atoms with Gasteiger partial charge in [-0.2, -0.15) is 0 Å². The Morgan fingerprint density at radius 3 is 1.60 bits per heavy atom. The second-order valence-electron chi connectivity index (χ2n) is 4.45. The maximum Gasteiger partial charge on any atom is -0.00414 e. The average Bonchev–Trinajstić information content (AvgIpc) is 1.60. The highest BCUT2D eigenvalue weighted by Gasteiger charge is 2.25. The fraction of sp³-hybridized carbons (Fsp3) is 1.00. The van der Waals surface area contributed by atoms with Crippen molar-refractivity contribution >= 4 is 0 Å². The second kappa shape index (κ2) is 3.38. The van der Waals surface area contributed by atoms with Crippen molar-refractivity contribution < 1.29 is 0 Å². The summed E-state index contributed by atoms with van der Waals surface area (Å²) in [5.74, 6) is 1.34. The van der Waals surface area contributed by atoms with E-state index in [1.165, 1.54) is 0 Å². The molecule has 0 fully saturated rings. The molecule has 1 nitrogen and oxygen atoms in total. The molecule has 0 aliphatic rings. The normalized spacial score (nSPS) is 15.9. The largest absolute Gasteiger partial charge is 0.330 e. The van der Waals surface area contributed by atoms with Crippen molar-refractivity contribution in [3.63, 3.8) is 0 Å². The summed E-state index contributed by atoms with van der Waals surface area (Å²) >= 11 is 0. The summed E-state index contributed by atoms with van der Waals surface area (Å²) in [6.07, 6.45) is 0. The quantitative estimate of drug-likeness (QED) is 0.630. The molecule has 0 radical (unpaired) electrons. The van der Waals surface area contributed by atoms with E-state index >= 15 is 0 Å². The van der Waals surface area contributed by atoms with E-state index in [1.807, 2.05) is 0 Å². The standard InChI is InChI=1S/C9H21N/c1-7(2)8(6-10)9(3,4)5/h7-8H,6,10H2,1-5H3. The number of rotatable bonds is 2. The third-order valence-electron chi connectivity index (χ3n) is 2.17. The molecule has 0 aromatic carbocycles. The van der Waals surface area contributed by atoms with Crippen molar-refractivity contribution in [2.45, 2.75) is 34.6 Å². The predicted molar refractivity (Wildman–Crippen MR) is 46.8 cm³/mol. The van der Waals surface area contributed by atoms with E-state index in [2.05, 4.69) is 34.6 Å². The van der Waals surface area contributed by atoms with E-state index in [0.717, 1.165) is 6.54 Å². The minimum absolute atomic E-state index is 0.364. The van der Waals surface area contributed by atoms with Gasteiger partial charge in [0.15, 0.2) is 0 Å². The van der Waals surface area contributed by atoms with Crippen LogP contribution in [0.3, 0.4) is 0 Å². The van der Waals surface area contributed by atoms with Gasteiger partial charge in [-0.05, 0) is 23.8 Å². The average molecular weight is 143 g/mol. The Morgan fingerprint density at radius 1 is 1.20 bits per heavy atom. The van der Waals surface area contributed by atoms with Gasteiger partial charge < -0.3 is 5.73 Å². The first-order valence-electron chi connectivity index (χ1n) is 4.09. The lowest BCUT2D eigenvalue weighted by molar-refractivity contribution is 0.186. The molecule has 0 bridgehead atoms. The van der Waals surface area contributed by atoms with Crippen LogP contribution < -0.4 is 5.73 Å². The Hall–Kier alpha value is -0.0400. The van der Waals surface area contributed by atoms with Crippen molar-refractivity contribution in [1.29, 1.82) is 0 Å². The van der Waals surface area contributed by atoms with Crippen LogP contribution >= 0.6 is 0 Å². The van der Waals surface area contributed by atoms with Crippen molar-refractivity contribution in [2.75, 3.05) is 6.54 Å². The van der Waals surface area contributed by atoms with E-state index < -0.39 is 0 Å². The first kappa shape index (κ1) is 9.96. The second-order valence-corrected chi connectivity index (χ2v) is 4.45. The van der Waals surface area contributed by atoms with Crippen LogP contribution in [0.5, 0.6) is 0 Å². The van der Waals surface area contributed by atoms with Gasteiger partial charge in [0.1, 0.15) is 0 Å². The molecule has 0 saturated heterocycles. The lowest BCUT2D eigenvalue weighted by Crippen LogP contribution is -2.32. The van der Waals surface area contributed by atoms with Gasteiger partial charge in [0.25, 0.3) is 0 Å². The van der Waals surface area contributed by atoms with Crippen molar-refractivity contribution in [3.05, 3.63) is 0 Å².